The lowest BCUT2D eigenvalue weighted by Crippen LogP contribution is -2.55. The molecule has 0 radical (unpaired) electrons. The van der Waals surface area contributed by atoms with Crippen LogP contribution in [0.5, 0.6) is 0 Å². The van der Waals surface area contributed by atoms with Gasteiger partial charge >= 0.3 is 0 Å². The number of nitrogens with one attached hydrogen (secondary N) is 1. The van der Waals surface area contributed by atoms with Crippen LogP contribution in [0.1, 0.15) is 40.0 Å². The van der Waals surface area contributed by atoms with E-state index in [0.29, 0.717) is 11.1 Å². The third-order valence-corrected chi connectivity index (χ3v) is 6.10. The van der Waals surface area contributed by atoms with Crippen molar-refractivity contribution >= 4 is 35.0 Å². The second-order valence-electron chi connectivity index (χ2n) is 7.00. The molecule has 2 aromatic carbocycles. The van der Waals surface area contributed by atoms with Gasteiger partial charge in [-0.05, 0) is 61.9 Å². The van der Waals surface area contributed by atoms with Crippen LogP contribution < -0.4 is 10.2 Å². The van der Waals surface area contributed by atoms with Crippen molar-refractivity contribution in [1.82, 2.24) is 4.90 Å². The molecule has 2 amide bonds. The van der Waals surface area contributed by atoms with E-state index >= 15 is 0 Å². The molecule has 0 aliphatic carbocycles. The maximum absolute atomic E-state index is 12.8. The normalized spacial score (nSPS) is 18.7. The van der Waals surface area contributed by atoms with Gasteiger partial charge in [-0.1, -0.05) is 6.07 Å². The minimum Gasteiger partial charge on any atom is -0.354 e. The number of nitrogens with zero attached hydrogens (tertiary/aromatic N) is 2. The number of thioether (sulfide) groups is 1. The van der Waals surface area contributed by atoms with Crippen LogP contribution in [0.3, 0.4) is 0 Å². The van der Waals surface area contributed by atoms with Crippen molar-refractivity contribution in [3.8, 4) is 0 Å². The first kappa shape index (κ1) is 17.9. The van der Waals surface area contributed by atoms with Gasteiger partial charge in [-0.3, -0.25) is 9.59 Å². The molecule has 1 unspecified atom stereocenters. The Morgan fingerprint density at radius 1 is 1.19 bits per heavy atom. The van der Waals surface area contributed by atoms with Gasteiger partial charge in [0.1, 0.15) is 6.17 Å². The molecule has 1 N–H and O–H groups in total. The number of carbonyl (C=O) groups excluding carboxylic acids is 2. The van der Waals surface area contributed by atoms with Crippen LogP contribution in [0.2, 0.25) is 0 Å². The molecular formula is C21H23N3O2S. The molecule has 0 bridgehead atoms. The van der Waals surface area contributed by atoms with Crippen LogP contribution in [0.15, 0.2) is 47.4 Å². The van der Waals surface area contributed by atoms with E-state index in [1.807, 2.05) is 48.5 Å². The highest BCUT2D eigenvalue weighted by Crippen LogP contribution is 2.35. The maximum Gasteiger partial charge on any atom is 0.257 e. The third-order valence-electron chi connectivity index (χ3n) is 5.38. The van der Waals surface area contributed by atoms with Gasteiger partial charge in [0.25, 0.3) is 11.8 Å². The number of fused-ring (bicyclic) bond motifs is 2. The summed E-state index contributed by atoms with van der Waals surface area (Å²) in [6.07, 6.45) is 5.25. The van der Waals surface area contributed by atoms with Crippen molar-refractivity contribution < 1.29 is 9.59 Å². The quantitative estimate of drug-likeness (QED) is 0.815. The fraction of sp³-hybridized carbons (Fsp3) is 0.333. The highest BCUT2D eigenvalue weighted by Gasteiger charge is 2.37. The fourth-order valence-electron chi connectivity index (χ4n) is 3.92. The lowest BCUT2D eigenvalue weighted by atomic mass is 9.97. The van der Waals surface area contributed by atoms with Crippen molar-refractivity contribution in [2.24, 2.45) is 0 Å². The predicted molar refractivity (Wildman–Crippen MR) is 110 cm³/mol. The van der Waals surface area contributed by atoms with E-state index in [1.54, 1.807) is 23.9 Å². The van der Waals surface area contributed by atoms with Crippen LogP contribution >= 0.6 is 11.8 Å². The van der Waals surface area contributed by atoms with Crippen molar-refractivity contribution in [1.29, 1.82) is 0 Å². The second-order valence-corrected chi connectivity index (χ2v) is 7.88. The molecule has 27 heavy (non-hydrogen) atoms. The van der Waals surface area contributed by atoms with Gasteiger partial charge < -0.3 is 15.1 Å². The molecular weight excluding hydrogens is 358 g/mol. The molecule has 2 aromatic rings. The largest absolute Gasteiger partial charge is 0.354 e. The highest BCUT2D eigenvalue weighted by atomic mass is 32.2. The number of amides is 2. The summed E-state index contributed by atoms with van der Waals surface area (Å²) < 4.78 is 0. The maximum atomic E-state index is 12.8. The van der Waals surface area contributed by atoms with Gasteiger partial charge in [-0.25, -0.2) is 0 Å². The van der Waals surface area contributed by atoms with Crippen LogP contribution in [0, 0.1) is 0 Å². The van der Waals surface area contributed by atoms with Crippen LogP contribution in [0.25, 0.3) is 0 Å². The molecule has 0 saturated carbocycles. The third kappa shape index (κ3) is 3.30. The summed E-state index contributed by atoms with van der Waals surface area (Å²) in [4.78, 5) is 30.8. The van der Waals surface area contributed by atoms with Crippen LogP contribution in [-0.4, -0.2) is 42.7 Å². The molecule has 0 aromatic heterocycles. The first-order valence-electron chi connectivity index (χ1n) is 9.22. The molecule has 2 aliphatic rings. The summed E-state index contributed by atoms with van der Waals surface area (Å²) in [6.45, 7) is 0.807. The number of rotatable bonds is 3. The van der Waals surface area contributed by atoms with E-state index < -0.39 is 0 Å². The standard InChI is InChI=1S/C21H23N3O2S/c1-23-18-12-14(20(25)22-15-6-5-7-16(13-15)27-2)9-10-17(18)21(26)24-11-4-3-8-19(23)24/h5-7,9-10,12-13,19H,3-4,8,11H2,1-2H3,(H,22,25). The molecule has 1 saturated heterocycles. The Labute approximate surface area is 163 Å². The lowest BCUT2D eigenvalue weighted by Gasteiger charge is -2.46. The molecule has 4 rings (SSSR count). The Morgan fingerprint density at radius 2 is 2.04 bits per heavy atom. The Morgan fingerprint density at radius 3 is 2.85 bits per heavy atom. The highest BCUT2D eigenvalue weighted by molar-refractivity contribution is 7.98. The summed E-state index contributed by atoms with van der Waals surface area (Å²) in [5.74, 6) is -0.0876. The molecule has 1 atom stereocenters. The molecule has 5 nitrogen and oxygen atoms in total. The summed E-state index contributed by atoms with van der Waals surface area (Å²) in [5, 5.41) is 2.96. The van der Waals surface area contributed by atoms with E-state index in [-0.39, 0.29) is 18.0 Å². The number of piperidine rings is 1. The van der Waals surface area contributed by atoms with E-state index in [2.05, 4.69) is 10.2 Å². The summed E-state index contributed by atoms with van der Waals surface area (Å²) >= 11 is 1.64. The average molecular weight is 382 g/mol. The Kier molecular flexibility index (Phi) is 4.83. The second kappa shape index (κ2) is 7.27. The van der Waals surface area contributed by atoms with E-state index in [0.717, 1.165) is 42.1 Å². The van der Waals surface area contributed by atoms with Crippen molar-refractivity contribution in [3.63, 3.8) is 0 Å². The first-order valence-corrected chi connectivity index (χ1v) is 10.4. The van der Waals surface area contributed by atoms with Crippen LogP contribution in [-0.2, 0) is 0 Å². The van der Waals surface area contributed by atoms with Gasteiger partial charge in [-0.15, -0.1) is 11.8 Å². The number of hydrogen-bond acceptors (Lipinski definition) is 4. The van der Waals surface area contributed by atoms with E-state index in [1.165, 1.54) is 0 Å². The van der Waals surface area contributed by atoms with Gasteiger partial charge in [0.2, 0.25) is 0 Å². The molecule has 0 spiro atoms. The smallest absolute Gasteiger partial charge is 0.257 e. The minimum atomic E-state index is -0.164. The predicted octanol–water partition coefficient (Wildman–Crippen LogP) is 4.06. The summed E-state index contributed by atoms with van der Waals surface area (Å²) in [6, 6.07) is 13.1. The van der Waals surface area contributed by atoms with E-state index in [9.17, 15) is 9.59 Å². The molecule has 2 heterocycles. The Bertz CT molecular complexity index is 899. The van der Waals surface area contributed by atoms with Crippen molar-refractivity contribution in [2.75, 3.05) is 30.1 Å². The lowest BCUT2D eigenvalue weighted by molar-refractivity contribution is 0.0589. The van der Waals surface area contributed by atoms with Crippen molar-refractivity contribution in [2.45, 2.75) is 30.3 Å². The number of benzene rings is 2. The Hall–Kier alpha value is -2.47. The van der Waals surface area contributed by atoms with Crippen LogP contribution in [0.4, 0.5) is 11.4 Å². The van der Waals surface area contributed by atoms with Gasteiger partial charge in [-0.2, -0.15) is 0 Å². The zero-order valence-corrected chi connectivity index (χ0v) is 16.4. The monoisotopic (exact) mass is 381 g/mol. The Balaban J connectivity index is 1.61. The summed E-state index contributed by atoms with van der Waals surface area (Å²) in [5.41, 5.74) is 2.85. The van der Waals surface area contributed by atoms with Crippen molar-refractivity contribution in [3.05, 3.63) is 53.6 Å². The van der Waals surface area contributed by atoms with Gasteiger partial charge in [0.15, 0.2) is 0 Å². The van der Waals surface area contributed by atoms with E-state index in [4.69, 9.17) is 0 Å². The van der Waals surface area contributed by atoms with Gasteiger partial charge in [0.05, 0.1) is 11.3 Å². The number of carbonyl (C=O) groups is 2. The summed E-state index contributed by atoms with van der Waals surface area (Å²) in [7, 11) is 2.01. The molecule has 140 valence electrons. The topological polar surface area (TPSA) is 52.7 Å². The minimum absolute atomic E-state index is 0.0763. The SMILES string of the molecule is CSc1cccc(NC(=O)c2ccc3c(c2)N(C)C2CCCCN2C3=O)c1. The zero-order valence-electron chi connectivity index (χ0n) is 15.6. The zero-order chi connectivity index (χ0) is 19.0. The first-order chi connectivity index (χ1) is 13.1. The molecule has 2 aliphatic heterocycles. The number of hydrogen-bond donors (Lipinski definition) is 1. The molecule has 1 fully saturated rings. The average Bonchev–Trinajstić information content (AvgIpc) is 2.71. The number of anilines is 2. The van der Waals surface area contributed by atoms with Gasteiger partial charge in [0, 0.05) is 29.7 Å². The fourth-order valence-corrected chi connectivity index (χ4v) is 4.38. The molecule has 6 heteroatoms.